The SMILES string of the molecule is CCCC(CN)c1nc(Cc2cccs2)no1. The summed E-state index contributed by atoms with van der Waals surface area (Å²) in [7, 11) is 0. The fourth-order valence-electron chi connectivity index (χ4n) is 1.76. The molecule has 0 saturated carbocycles. The highest BCUT2D eigenvalue weighted by molar-refractivity contribution is 7.09. The molecule has 0 aliphatic heterocycles. The number of hydrogen-bond acceptors (Lipinski definition) is 5. The maximum Gasteiger partial charge on any atom is 0.231 e. The molecular formula is C12H17N3OS. The third kappa shape index (κ3) is 3.14. The van der Waals surface area contributed by atoms with Crippen molar-refractivity contribution < 1.29 is 4.52 Å². The Hall–Kier alpha value is -1.20. The number of hydrogen-bond donors (Lipinski definition) is 1. The predicted octanol–water partition coefficient (Wildman–Crippen LogP) is 2.56. The Morgan fingerprint density at radius 2 is 2.41 bits per heavy atom. The van der Waals surface area contributed by atoms with Gasteiger partial charge in [-0.25, -0.2) is 0 Å². The summed E-state index contributed by atoms with van der Waals surface area (Å²) in [5.74, 6) is 1.63. The van der Waals surface area contributed by atoms with E-state index in [0.717, 1.165) is 25.1 Å². The van der Waals surface area contributed by atoms with Crippen LogP contribution >= 0.6 is 11.3 Å². The monoisotopic (exact) mass is 251 g/mol. The molecule has 5 heteroatoms. The topological polar surface area (TPSA) is 64.9 Å². The van der Waals surface area contributed by atoms with E-state index in [1.165, 1.54) is 4.88 Å². The molecule has 2 aromatic heterocycles. The molecule has 0 amide bonds. The van der Waals surface area contributed by atoms with Crippen LogP contribution in [-0.2, 0) is 6.42 Å². The summed E-state index contributed by atoms with van der Waals surface area (Å²) in [6.45, 7) is 2.69. The molecule has 17 heavy (non-hydrogen) atoms. The lowest BCUT2D eigenvalue weighted by molar-refractivity contribution is 0.344. The molecule has 0 spiro atoms. The van der Waals surface area contributed by atoms with Gasteiger partial charge in [-0.05, 0) is 17.9 Å². The third-order valence-electron chi connectivity index (χ3n) is 2.67. The minimum Gasteiger partial charge on any atom is -0.339 e. The molecule has 0 aromatic carbocycles. The predicted molar refractivity (Wildman–Crippen MR) is 68.1 cm³/mol. The Bertz CT molecular complexity index is 438. The average Bonchev–Trinajstić information content (AvgIpc) is 2.98. The van der Waals surface area contributed by atoms with Gasteiger partial charge in [0.2, 0.25) is 5.89 Å². The Kier molecular flexibility index (Phi) is 4.28. The van der Waals surface area contributed by atoms with Gasteiger partial charge in [-0.2, -0.15) is 4.98 Å². The van der Waals surface area contributed by atoms with Crippen LogP contribution in [0.4, 0.5) is 0 Å². The zero-order valence-corrected chi connectivity index (χ0v) is 10.7. The van der Waals surface area contributed by atoms with Crippen LogP contribution in [0.2, 0.25) is 0 Å². The smallest absolute Gasteiger partial charge is 0.231 e. The fourth-order valence-corrected chi connectivity index (χ4v) is 2.47. The van der Waals surface area contributed by atoms with Gasteiger partial charge >= 0.3 is 0 Å². The Morgan fingerprint density at radius 3 is 3.06 bits per heavy atom. The van der Waals surface area contributed by atoms with Crippen LogP contribution in [0.15, 0.2) is 22.0 Å². The van der Waals surface area contributed by atoms with E-state index in [1.807, 2.05) is 6.07 Å². The lowest BCUT2D eigenvalue weighted by atomic mass is 10.0. The largest absolute Gasteiger partial charge is 0.339 e. The molecule has 0 aliphatic rings. The number of nitrogens with two attached hydrogens (primary N) is 1. The summed E-state index contributed by atoms with van der Waals surface area (Å²) < 4.78 is 5.28. The van der Waals surface area contributed by atoms with E-state index < -0.39 is 0 Å². The minimum absolute atomic E-state index is 0.199. The van der Waals surface area contributed by atoms with Crippen LogP contribution in [0.5, 0.6) is 0 Å². The molecule has 0 saturated heterocycles. The molecule has 92 valence electrons. The van der Waals surface area contributed by atoms with Crippen molar-refractivity contribution in [3.8, 4) is 0 Å². The van der Waals surface area contributed by atoms with Crippen LogP contribution in [-0.4, -0.2) is 16.7 Å². The van der Waals surface area contributed by atoms with E-state index in [-0.39, 0.29) is 5.92 Å². The second-order valence-corrected chi connectivity index (χ2v) is 5.06. The van der Waals surface area contributed by atoms with Crippen molar-refractivity contribution in [2.75, 3.05) is 6.54 Å². The maximum atomic E-state index is 5.71. The summed E-state index contributed by atoms with van der Waals surface area (Å²) >= 11 is 1.71. The van der Waals surface area contributed by atoms with Gasteiger partial charge in [0.1, 0.15) is 0 Å². The van der Waals surface area contributed by atoms with Crippen molar-refractivity contribution in [2.45, 2.75) is 32.1 Å². The van der Waals surface area contributed by atoms with E-state index in [0.29, 0.717) is 12.4 Å². The molecule has 1 unspecified atom stereocenters. The molecule has 4 nitrogen and oxygen atoms in total. The standard InChI is InChI=1S/C12H17N3OS/c1-2-4-9(8-13)12-14-11(15-16-12)7-10-5-3-6-17-10/h3,5-6,9H,2,4,7-8,13H2,1H3. The first-order valence-electron chi connectivity index (χ1n) is 5.88. The molecule has 1 atom stereocenters. The molecule has 0 radical (unpaired) electrons. The summed E-state index contributed by atoms with van der Waals surface area (Å²) in [6.07, 6.45) is 2.81. The van der Waals surface area contributed by atoms with Crippen molar-refractivity contribution in [1.82, 2.24) is 10.1 Å². The molecule has 0 fully saturated rings. The number of aromatic nitrogens is 2. The van der Waals surface area contributed by atoms with E-state index >= 15 is 0 Å². The Morgan fingerprint density at radius 1 is 1.53 bits per heavy atom. The highest BCUT2D eigenvalue weighted by atomic mass is 32.1. The van der Waals surface area contributed by atoms with Crippen LogP contribution in [0.1, 0.15) is 42.3 Å². The van der Waals surface area contributed by atoms with Crippen molar-refractivity contribution in [3.63, 3.8) is 0 Å². The second-order valence-electron chi connectivity index (χ2n) is 4.03. The third-order valence-corrected chi connectivity index (χ3v) is 3.54. The number of thiophene rings is 1. The molecular weight excluding hydrogens is 234 g/mol. The van der Waals surface area contributed by atoms with Crippen LogP contribution in [0, 0.1) is 0 Å². The summed E-state index contributed by atoms with van der Waals surface area (Å²) in [6, 6.07) is 4.11. The first kappa shape index (κ1) is 12.3. The van der Waals surface area contributed by atoms with Crippen LogP contribution in [0.25, 0.3) is 0 Å². The van der Waals surface area contributed by atoms with Crippen molar-refractivity contribution in [1.29, 1.82) is 0 Å². The van der Waals surface area contributed by atoms with Gasteiger partial charge in [0.25, 0.3) is 0 Å². The lowest BCUT2D eigenvalue weighted by Crippen LogP contribution is -2.12. The minimum atomic E-state index is 0.199. The first-order valence-corrected chi connectivity index (χ1v) is 6.76. The molecule has 0 bridgehead atoms. The van der Waals surface area contributed by atoms with Gasteiger partial charge in [0.15, 0.2) is 5.82 Å². The normalized spacial score (nSPS) is 12.8. The lowest BCUT2D eigenvalue weighted by Gasteiger charge is -2.06. The molecule has 2 heterocycles. The first-order chi connectivity index (χ1) is 8.33. The van der Waals surface area contributed by atoms with E-state index in [1.54, 1.807) is 11.3 Å². The van der Waals surface area contributed by atoms with Gasteiger partial charge < -0.3 is 10.3 Å². The number of rotatable bonds is 6. The van der Waals surface area contributed by atoms with E-state index in [9.17, 15) is 0 Å². The van der Waals surface area contributed by atoms with Crippen molar-refractivity contribution in [2.24, 2.45) is 5.73 Å². The summed E-state index contributed by atoms with van der Waals surface area (Å²) in [5.41, 5.74) is 5.71. The second kappa shape index (κ2) is 5.93. The Labute approximate surface area is 105 Å². The zero-order chi connectivity index (χ0) is 12.1. The number of nitrogens with zero attached hydrogens (tertiary/aromatic N) is 2. The quantitative estimate of drug-likeness (QED) is 0.857. The highest BCUT2D eigenvalue weighted by Gasteiger charge is 2.16. The van der Waals surface area contributed by atoms with Gasteiger partial charge in [-0.15, -0.1) is 11.3 Å². The van der Waals surface area contributed by atoms with Crippen LogP contribution < -0.4 is 5.73 Å². The molecule has 2 N–H and O–H groups in total. The average molecular weight is 251 g/mol. The fraction of sp³-hybridized carbons (Fsp3) is 0.500. The molecule has 2 aromatic rings. The van der Waals surface area contributed by atoms with E-state index in [4.69, 9.17) is 10.3 Å². The van der Waals surface area contributed by atoms with Gasteiger partial charge in [-0.1, -0.05) is 24.6 Å². The Balaban J connectivity index is 2.04. The highest BCUT2D eigenvalue weighted by Crippen LogP contribution is 2.19. The van der Waals surface area contributed by atoms with Gasteiger partial charge in [-0.3, -0.25) is 0 Å². The van der Waals surface area contributed by atoms with E-state index in [2.05, 4.69) is 28.5 Å². The van der Waals surface area contributed by atoms with Gasteiger partial charge in [0, 0.05) is 17.8 Å². The molecule has 0 aliphatic carbocycles. The van der Waals surface area contributed by atoms with Crippen LogP contribution in [0.3, 0.4) is 0 Å². The molecule has 2 rings (SSSR count). The summed E-state index contributed by atoms with van der Waals surface area (Å²) in [5, 5.41) is 6.06. The van der Waals surface area contributed by atoms with Crippen molar-refractivity contribution in [3.05, 3.63) is 34.1 Å². The maximum absolute atomic E-state index is 5.71. The van der Waals surface area contributed by atoms with Crippen molar-refractivity contribution >= 4 is 11.3 Å². The summed E-state index contributed by atoms with van der Waals surface area (Å²) in [4.78, 5) is 5.67. The zero-order valence-electron chi connectivity index (χ0n) is 9.93. The van der Waals surface area contributed by atoms with Gasteiger partial charge in [0.05, 0.1) is 5.92 Å².